The highest BCUT2D eigenvalue weighted by Crippen LogP contribution is 2.29. The van der Waals surface area contributed by atoms with Gasteiger partial charge in [-0.1, -0.05) is 44.7 Å². The van der Waals surface area contributed by atoms with Crippen LogP contribution in [0.5, 0.6) is 0 Å². The highest BCUT2D eigenvalue weighted by Gasteiger charge is 2.21. The van der Waals surface area contributed by atoms with Gasteiger partial charge in [0.05, 0.1) is 11.5 Å². The molecule has 0 aliphatic carbocycles. The number of nitrogens with one attached hydrogen (secondary N) is 1. The number of carbonyl (C=O) groups excluding carboxylic acids is 1. The van der Waals surface area contributed by atoms with Crippen molar-refractivity contribution in [1.82, 2.24) is 10.2 Å². The summed E-state index contributed by atoms with van der Waals surface area (Å²) in [7, 11) is -3.36. The molecule has 0 saturated carbocycles. The second-order valence-electron chi connectivity index (χ2n) is 8.28. The number of benzene rings is 2. The van der Waals surface area contributed by atoms with Crippen molar-refractivity contribution in [3.05, 3.63) is 59.7 Å². The van der Waals surface area contributed by atoms with E-state index in [-0.39, 0.29) is 11.2 Å². The van der Waals surface area contributed by atoms with Gasteiger partial charge in [0.1, 0.15) is 0 Å². The van der Waals surface area contributed by atoms with Gasteiger partial charge in [-0.2, -0.15) is 0 Å². The van der Waals surface area contributed by atoms with Crippen LogP contribution in [0.15, 0.2) is 58.2 Å². The van der Waals surface area contributed by atoms with Crippen molar-refractivity contribution >= 4 is 33.3 Å². The molecule has 0 spiro atoms. The summed E-state index contributed by atoms with van der Waals surface area (Å²) < 4.78 is 30.7. The molecule has 1 heterocycles. The summed E-state index contributed by atoms with van der Waals surface area (Å²) in [5, 5.41) is 8.00. The maximum atomic E-state index is 12.7. The molecule has 0 saturated heterocycles. The fourth-order valence-electron chi connectivity index (χ4n) is 2.84. The first-order valence-corrected chi connectivity index (χ1v) is 12.4. The number of thioether (sulfide) groups is 1. The molecule has 2 aromatic carbocycles. The van der Waals surface area contributed by atoms with E-state index >= 15 is 0 Å². The minimum atomic E-state index is -3.36. The van der Waals surface area contributed by atoms with Crippen LogP contribution in [0.1, 0.15) is 43.6 Å². The highest BCUT2D eigenvalue weighted by atomic mass is 32.2. The lowest BCUT2D eigenvalue weighted by Crippen LogP contribution is -2.14. The summed E-state index contributed by atoms with van der Waals surface area (Å²) >= 11 is 1.18. The summed E-state index contributed by atoms with van der Waals surface area (Å²) in [4.78, 5) is 12.7. The molecule has 0 bridgehead atoms. The van der Waals surface area contributed by atoms with E-state index in [1.54, 1.807) is 31.2 Å². The quantitative estimate of drug-likeness (QED) is 0.401. The number of anilines is 1. The van der Waals surface area contributed by atoms with Gasteiger partial charge < -0.3 is 4.42 Å². The van der Waals surface area contributed by atoms with E-state index in [9.17, 15) is 13.2 Å². The largest absolute Gasteiger partial charge is 0.411 e. The van der Waals surface area contributed by atoms with E-state index in [1.807, 2.05) is 24.3 Å². The molecule has 3 rings (SSSR count). The molecule has 1 N–H and O–H groups in total. The van der Waals surface area contributed by atoms with Gasteiger partial charge >= 0.3 is 0 Å². The summed E-state index contributed by atoms with van der Waals surface area (Å²) in [5.41, 5.74) is 2.96. The summed E-state index contributed by atoms with van der Waals surface area (Å²) in [6, 6.07) is 14.3. The Morgan fingerprint density at radius 3 is 2.19 bits per heavy atom. The molecule has 1 atom stereocenters. The first-order chi connectivity index (χ1) is 14.4. The van der Waals surface area contributed by atoms with E-state index in [1.165, 1.54) is 17.3 Å². The van der Waals surface area contributed by atoms with Crippen LogP contribution in [0.25, 0.3) is 11.5 Å². The zero-order valence-corrected chi connectivity index (χ0v) is 19.7. The van der Waals surface area contributed by atoms with Gasteiger partial charge in [0.25, 0.3) is 5.22 Å². The van der Waals surface area contributed by atoms with Gasteiger partial charge in [-0.05, 0) is 54.3 Å². The molecule has 3 aromatic rings. The summed E-state index contributed by atoms with van der Waals surface area (Å²) in [6.07, 6.45) is 1.07. The molecular formula is C22H25N3O4S2. The summed E-state index contributed by atoms with van der Waals surface area (Å²) in [6.45, 7) is 8.21. The first kappa shape index (κ1) is 23.0. The zero-order chi connectivity index (χ0) is 22.8. The third-order valence-corrected chi connectivity index (χ3v) is 6.06. The number of carbonyl (C=O) groups is 1. The van der Waals surface area contributed by atoms with E-state index in [0.29, 0.717) is 22.4 Å². The van der Waals surface area contributed by atoms with Crippen LogP contribution in [0.2, 0.25) is 0 Å². The first-order valence-electron chi connectivity index (χ1n) is 9.65. The average Bonchev–Trinajstić information content (AvgIpc) is 3.14. The van der Waals surface area contributed by atoms with Crippen molar-refractivity contribution in [2.75, 3.05) is 11.0 Å². The Morgan fingerprint density at radius 1 is 1.03 bits per heavy atom. The maximum absolute atomic E-state index is 12.7. The second kappa shape index (κ2) is 8.84. The van der Waals surface area contributed by atoms with Crippen LogP contribution in [-0.2, 0) is 15.4 Å². The Kier molecular flexibility index (Phi) is 6.56. The summed E-state index contributed by atoms with van der Waals surface area (Å²) in [5.74, 6) is 0.281. The van der Waals surface area contributed by atoms with Gasteiger partial charge in [0.15, 0.2) is 5.78 Å². The molecule has 0 amide bonds. The Hall–Kier alpha value is -2.65. The monoisotopic (exact) mass is 459 g/mol. The smallest absolute Gasteiger partial charge is 0.277 e. The lowest BCUT2D eigenvalue weighted by Gasteiger charge is -2.18. The van der Waals surface area contributed by atoms with Crippen LogP contribution >= 0.6 is 11.8 Å². The fourth-order valence-corrected chi connectivity index (χ4v) is 4.17. The topological polar surface area (TPSA) is 102 Å². The molecule has 1 aromatic heterocycles. The van der Waals surface area contributed by atoms with Gasteiger partial charge in [0.2, 0.25) is 15.9 Å². The van der Waals surface area contributed by atoms with Crippen molar-refractivity contribution in [3.8, 4) is 11.5 Å². The van der Waals surface area contributed by atoms with E-state index in [2.05, 4.69) is 35.7 Å². The number of sulfonamides is 1. The van der Waals surface area contributed by atoms with Crippen molar-refractivity contribution in [2.24, 2.45) is 0 Å². The molecule has 7 nitrogen and oxygen atoms in total. The normalized spacial score (nSPS) is 13.1. The van der Waals surface area contributed by atoms with Crippen LogP contribution < -0.4 is 4.72 Å². The van der Waals surface area contributed by atoms with Gasteiger partial charge in [-0.25, -0.2) is 8.42 Å². The maximum Gasteiger partial charge on any atom is 0.277 e. The minimum absolute atomic E-state index is 0.0588. The molecule has 0 fully saturated rings. The minimum Gasteiger partial charge on any atom is -0.411 e. The predicted octanol–water partition coefficient (Wildman–Crippen LogP) is 4.77. The van der Waals surface area contributed by atoms with Crippen LogP contribution in [0.4, 0.5) is 5.69 Å². The molecule has 0 radical (unpaired) electrons. The molecule has 31 heavy (non-hydrogen) atoms. The molecule has 1 unspecified atom stereocenters. The zero-order valence-electron chi connectivity index (χ0n) is 18.0. The standard InChI is InChI=1S/C22H25N3O4S2/c1-14(19(26)15-8-12-18(13-9-15)25-31(5,27)28)30-21-24-23-20(29-21)16-6-10-17(11-7-16)22(2,3)4/h6-14,25H,1-5H3. The lowest BCUT2D eigenvalue weighted by molar-refractivity contribution is 0.0993. The highest BCUT2D eigenvalue weighted by molar-refractivity contribution is 8.00. The predicted molar refractivity (Wildman–Crippen MR) is 123 cm³/mol. The van der Waals surface area contributed by atoms with Crippen molar-refractivity contribution in [2.45, 2.75) is 43.6 Å². The number of nitrogens with zero attached hydrogens (tertiary/aromatic N) is 2. The Balaban J connectivity index is 1.66. The molecule has 164 valence electrons. The van der Waals surface area contributed by atoms with Gasteiger partial charge in [-0.3, -0.25) is 9.52 Å². The van der Waals surface area contributed by atoms with Crippen molar-refractivity contribution in [1.29, 1.82) is 0 Å². The van der Waals surface area contributed by atoms with Crippen LogP contribution in [0, 0.1) is 0 Å². The van der Waals surface area contributed by atoms with Crippen LogP contribution in [-0.4, -0.2) is 35.9 Å². The second-order valence-corrected chi connectivity index (χ2v) is 11.3. The van der Waals surface area contributed by atoms with Gasteiger partial charge in [-0.15, -0.1) is 10.2 Å². The van der Waals surface area contributed by atoms with E-state index < -0.39 is 15.3 Å². The number of Topliss-reactive ketones (excluding diaryl/α,β-unsaturated/α-hetero) is 1. The number of hydrogen-bond donors (Lipinski definition) is 1. The Labute approximate surface area is 186 Å². The lowest BCUT2D eigenvalue weighted by atomic mass is 9.87. The number of rotatable bonds is 7. The average molecular weight is 460 g/mol. The van der Waals surface area contributed by atoms with Crippen LogP contribution in [0.3, 0.4) is 0 Å². The SMILES string of the molecule is CC(Sc1nnc(-c2ccc(C(C)(C)C)cc2)o1)C(=O)c1ccc(NS(C)(=O)=O)cc1. The van der Waals surface area contributed by atoms with E-state index in [0.717, 1.165) is 11.8 Å². The van der Waals surface area contributed by atoms with E-state index in [4.69, 9.17) is 4.42 Å². The van der Waals surface area contributed by atoms with Crippen molar-refractivity contribution in [3.63, 3.8) is 0 Å². The van der Waals surface area contributed by atoms with Crippen molar-refractivity contribution < 1.29 is 17.6 Å². The number of hydrogen-bond acceptors (Lipinski definition) is 7. The molecule has 9 heteroatoms. The molecule has 0 aliphatic rings. The number of ketones is 1. The third-order valence-electron chi connectivity index (χ3n) is 4.52. The van der Waals surface area contributed by atoms with Gasteiger partial charge in [0, 0.05) is 16.8 Å². The number of aromatic nitrogens is 2. The fraction of sp³-hybridized carbons (Fsp3) is 0.318. The molecule has 0 aliphatic heterocycles. The Bertz CT molecular complexity index is 1160. The Morgan fingerprint density at radius 2 is 1.65 bits per heavy atom. The third kappa shape index (κ3) is 6.18. The molecular weight excluding hydrogens is 434 g/mol.